The van der Waals surface area contributed by atoms with Gasteiger partial charge >= 0.3 is 6.18 Å². The zero-order valence-electron chi connectivity index (χ0n) is 15.1. The molecule has 0 amide bonds. The van der Waals surface area contributed by atoms with E-state index < -0.39 is 23.1 Å². The lowest BCUT2D eigenvalue weighted by molar-refractivity contribution is -0.0884. The smallest absolute Gasteiger partial charge is 0.341 e. The third-order valence-corrected chi connectivity index (χ3v) is 4.63. The molecule has 4 aromatic rings. The number of halogens is 3. The van der Waals surface area contributed by atoms with E-state index in [9.17, 15) is 22.8 Å². The summed E-state index contributed by atoms with van der Waals surface area (Å²) in [5, 5.41) is 0. The molecule has 7 heteroatoms. The normalized spacial score (nSPS) is 11.7. The van der Waals surface area contributed by atoms with Crippen molar-refractivity contribution in [2.45, 2.75) is 12.7 Å². The van der Waals surface area contributed by atoms with E-state index in [1.807, 2.05) is 30.3 Å². The first-order chi connectivity index (χ1) is 13.9. The number of aromatic nitrogens is 2. The number of carbonyl (C=O) groups is 1. The van der Waals surface area contributed by atoms with Gasteiger partial charge in [0, 0.05) is 24.5 Å². The summed E-state index contributed by atoms with van der Waals surface area (Å²) in [5.41, 5.74) is 0.485. The van der Waals surface area contributed by atoms with Crippen LogP contribution in [-0.2, 0) is 6.54 Å². The molecule has 29 heavy (non-hydrogen) atoms. The van der Waals surface area contributed by atoms with Gasteiger partial charge in [0.2, 0.25) is 0 Å². The Labute approximate surface area is 163 Å². The van der Waals surface area contributed by atoms with Gasteiger partial charge in [-0.2, -0.15) is 13.2 Å². The molecule has 0 saturated carbocycles. The quantitative estimate of drug-likeness (QED) is 0.474. The van der Waals surface area contributed by atoms with Gasteiger partial charge in [0.25, 0.3) is 11.3 Å². The fourth-order valence-corrected chi connectivity index (χ4v) is 3.37. The molecule has 0 spiro atoms. The highest BCUT2D eigenvalue weighted by Crippen LogP contribution is 2.29. The zero-order chi connectivity index (χ0) is 20.6. The van der Waals surface area contributed by atoms with E-state index in [-0.39, 0.29) is 12.1 Å². The van der Waals surface area contributed by atoms with Crippen LogP contribution in [0.1, 0.15) is 15.9 Å². The Morgan fingerprint density at radius 2 is 1.48 bits per heavy atom. The van der Waals surface area contributed by atoms with Gasteiger partial charge in [-0.3, -0.25) is 14.2 Å². The highest BCUT2D eigenvalue weighted by Gasteiger charge is 2.41. The van der Waals surface area contributed by atoms with Crippen LogP contribution in [0.15, 0.2) is 83.8 Å². The molecule has 0 aliphatic heterocycles. The van der Waals surface area contributed by atoms with Gasteiger partial charge in [-0.15, -0.1) is 0 Å². The van der Waals surface area contributed by atoms with Crippen LogP contribution >= 0.6 is 0 Å². The summed E-state index contributed by atoms with van der Waals surface area (Å²) in [6.07, 6.45) is -3.88. The average molecular weight is 396 g/mol. The maximum atomic E-state index is 13.3. The summed E-state index contributed by atoms with van der Waals surface area (Å²) in [5.74, 6) is -1.98. The van der Waals surface area contributed by atoms with E-state index in [0.29, 0.717) is 11.2 Å². The Bertz CT molecular complexity index is 1240. The Kier molecular flexibility index (Phi) is 4.58. The first kappa shape index (κ1) is 18.7. The fraction of sp³-hybridized carbons (Fsp3) is 0.0909. The standard InChI is InChI=1S/C22H15F3N2O2/c23-22(24,25)21(29)17-14-26(13-15-7-3-1-4-8-15)18-11-12-19(28)27(20(17)18)16-9-5-2-6-10-16/h1-12,14H,13H2. The molecule has 0 radical (unpaired) electrons. The molecule has 4 nitrogen and oxygen atoms in total. The van der Waals surface area contributed by atoms with Crippen LogP contribution in [0.25, 0.3) is 16.7 Å². The predicted octanol–water partition coefficient (Wildman–Crippen LogP) is 4.59. The second-order valence-corrected chi connectivity index (χ2v) is 6.56. The van der Waals surface area contributed by atoms with Crippen molar-refractivity contribution >= 4 is 16.8 Å². The minimum Gasteiger partial charge on any atom is -0.341 e. The number of para-hydroxylation sites is 1. The number of carbonyl (C=O) groups excluding carboxylic acids is 1. The van der Waals surface area contributed by atoms with Crippen LogP contribution in [-0.4, -0.2) is 21.1 Å². The number of fused-ring (bicyclic) bond motifs is 1. The lowest BCUT2D eigenvalue weighted by atomic mass is 10.1. The van der Waals surface area contributed by atoms with Crippen LogP contribution in [0, 0.1) is 0 Å². The van der Waals surface area contributed by atoms with E-state index in [1.165, 1.54) is 18.3 Å². The number of ketones is 1. The zero-order valence-corrected chi connectivity index (χ0v) is 15.1. The number of alkyl halides is 3. The molecule has 0 fully saturated rings. The van der Waals surface area contributed by atoms with E-state index in [1.54, 1.807) is 34.9 Å². The summed E-state index contributed by atoms with van der Waals surface area (Å²) in [7, 11) is 0. The third kappa shape index (κ3) is 3.47. The lowest BCUT2D eigenvalue weighted by Gasteiger charge is -2.11. The van der Waals surface area contributed by atoms with Gasteiger partial charge in [0.15, 0.2) is 0 Å². The van der Waals surface area contributed by atoms with Crippen molar-refractivity contribution in [2.24, 2.45) is 0 Å². The average Bonchev–Trinajstić information content (AvgIpc) is 3.06. The third-order valence-electron chi connectivity index (χ3n) is 4.63. The van der Waals surface area contributed by atoms with Crippen molar-refractivity contribution < 1.29 is 18.0 Å². The maximum absolute atomic E-state index is 13.3. The van der Waals surface area contributed by atoms with Crippen molar-refractivity contribution in [3.8, 4) is 5.69 Å². The second kappa shape index (κ2) is 7.09. The molecule has 0 bridgehead atoms. The number of rotatable bonds is 4. The van der Waals surface area contributed by atoms with Crippen molar-refractivity contribution in [1.29, 1.82) is 0 Å². The predicted molar refractivity (Wildman–Crippen MR) is 103 cm³/mol. The van der Waals surface area contributed by atoms with Crippen LogP contribution < -0.4 is 5.56 Å². The molecule has 4 rings (SSSR count). The first-order valence-corrected chi connectivity index (χ1v) is 8.82. The molecule has 146 valence electrons. The van der Waals surface area contributed by atoms with Gasteiger partial charge in [-0.05, 0) is 23.8 Å². The van der Waals surface area contributed by atoms with Gasteiger partial charge in [0.1, 0.15) is 0 Å². The maximum Gasteiger partial charge on any atom is 0.455 e. The SMILES string of the molecule is O=C(c1cn(Cc2ccccc2)c2ccc(=O)n(-c3ccccc3)c12)C(F)(F)F. The van der Waals surface area contributed by atoms with Gasteiger partial charge in [-0.1, -0.05) is 48.5 Å². The lowest BCUT2D eigenvalue weighted by Crippen LogP contribution is -2.24. The fourth-order valence-electron chi connectivity index (χ4n) is 3.37. The number of Topliss-reactive ketones (excluding diaryl/α,β-unsaturated/α-hetero) is 1. The second-order valence-electron chi connectivity index (χ2n) is 6.56. The molecule has 2 aromatic carbocycles. The van der Waals surface area contributed by atoms with Crippen molar-refractivity contribution in [2.75, 3.05) is 0 Å². The molecule has 0 N–H and O–H groups in total. The van der Waals surface area contributed by atoms with Crippen LogP contribution in [0.4, 0.5) is 13.2 Å². The van der Waals surface area contributed by atoms with Crippen LogP contribution in [0.2, 0.25) is 0 Å². The number of hydrogen-bond donors (Lipinski definition) is 0. The highest BCUT2D eigenvalue weighted by atomic mass is 19.4. The van der Waals surface area contributed by atoms with E-state index >= 15 is 0 Å². The molecule has 2 heterocycles. The molecular formula is C22H15F3N2O2. The van der Waals surface area contributed by atoms with E-state index in [2.05, 4.69) is 0 Å². The van der Waals surface area contributed by atoms with Crippen molar-refractivity contribution in [1.82, 2.24) is 9.13 Å². The van der Waals surface area contributed by atoms with Crippen LogP contribution in [0.3, 0.4) is 0 Å². The Morgan fingerprint density at radius 1 is 0.862 bits per heavy atom. The summed E-state index contributed by atoms with van der Waals surface area (Å²) in [6.45, 7) is 0.259. The number of nitrogens with zero attached hydrogens (tertiary/aromatic N) is 2. The molecule has 0 atom stereocenters. The Hall–Kier alpha value is -3.61. The molecule has 0 aliphatic rings. The minimum absolute atomic E-state index is 0.0537. The number of pyridine rings is 1. The van der Waals surface area contributed by atoms with Crippen LogP contribution in [0.5, 0.6) is 0 Å². The van der Waals surface area contributed by atoms with Crippen molar-refractivity contribution in [3.05, 3.63) is 100 Å². The largest absolute Gasteiger partial charge is 0.455 e. The summed E-state index contributed by atoms with van der Waals surface area (Å²) in [6, 6.07) is 20.2. The van der Waals surface area contributed by atoms with E-state index in [0.717, 1.165) is 10.1 Å². The molecule has 0 aliphatic carbocycles. The van der Waals surface area contributed by atoms with Gasteiger partial charge < -0.3 is 4.57 Å². The minimum atomic E-state index is -5.06. The monoisotopic (exact) mass is 396 g/mol. The number of hydrogen-bond acceptors (Lipinski definition) is 2. The summed E-state index contributed by atoms with van der Waals surface area (Å²) >= 11 is 0. The summed E-state index contributed by atoms with van der Waals surface area (Å²) in [4.78, 5) is 24.8. The van der Waals surface area contributed by atoms with Crippen molar-refractivity contribution in [3.63, 3.8) is 0 Å². The summed E-state index contributed by atoms with van der Waals surface area (Å²) < 4.78 is 42.6. The van der Waals surface area contributed by atoms with E-state index in [4.69, 9.17) is 0 Å². The Balaban J connectivity index is 2.03. The first-order valence-electron chi connectivity index (χ1n) is 8.82. The van der Waals surface area contributed by atoms with Gasteiger partial charge in [0.05, 0.1) is 16.6 Å². The molecule has 0 unspecified atom stereocenters. The molecular weight excluding hydrogens is 381 g/mol. The molecule has 0 saturated heterocycles. The Morgan fingerprint density at radius 3 is 2.10 bits per heavy atom. The topological polar surface area (TPSA) is 44.0 Å². The van der Waals surface area contributed by atoms with Gasteiger partial charge in [-0.25, -0.2) is 0 Å². The number of benzene rings is 2. The highest BCUT2D eigenvalue weighted by molar-refractivity contribution is 6.10. The molecule has 2 aromatic heterocycles.